The fourth-order valence-electron chi connectivity index (χ4n) is 1.01. The highest BCUT2D eigenvalue weighted by Crippen LogP contribution is 2.16. The fraction of sp³-hybridized carbons (Fsp3) is 0.222. The second-order valence-electron chi connectivity index (χ2n) is 2.54. The fourth-order valence-corrected chi connectivity index (χ4v) is 2.06. The molecule has 0 bridgehead atoms. The van der Waals surface area contributed by atoms with Crippen molar-refractivity contribution in [2.75, 3.05) is 6.61 Å². The second-order valence-corrected chi connectivity index (χ2v) is 4.13. The minimum absolute atomic E-state index is 0.0866. The molecule has 0 saturated carbocycles. The Balaban J connectivity index is 3.15. The molecule has 13 heavy (non-hydrogen) atoms. The number of hydrogen-bond donors (Lipinski definition) is 0. The van der Waals surface area contributed by atoms with Crippen molar-refractivity contribution in [1.82, 2.24) is 0 Å². The van der Waals surface area contributed by atoms with Crippen LogP contribution < -0.4 is 0 Å². The summed E-state index contributed by atoms with van der Waals surface area (Å²) in [5, 5.41) is 0. The van der Waals surface area contributed by atoms with Gasteiger partial charge in [0.1, 0.15) is 0 Å². The van der Waals surface area contributed by atoms with E-state index in [4.69, 9.17) is 0 Å². The van der Waals surface area contributed by atoms with Crippen LogP contribution in [-0.4, -0.2) is 15.0 Å². The van der Waals surface area contributed by atoms with Gasteiger partial charge < -0.3 is 0 Å². The predicted octanol–water partition coefficient (Wildman–Crippen LogP) is 1.53. The van der Waals surface area contributed by atoms with Crippen molar-refractivity contribution in [3.05, 3.63) is 36.8 Å². The van der Waals surface area contributed by atoms with Gasteiger partial charge in [-0.15, -0.1) is 0 Å². The molecule has 0 unspecified atom stereocenters. The van der Waals surface area contributed by atoms with Crippen molar-refractivity contribution in [2.45, 2.75) is 11.8 Å². The molecule has 0 aliphatic rings. The van der Waals surface area contributed by atoms with Crippen molar-refractivity contribution in [2.24, 2.45) is 0 Å². The Labute approximate surface area is 78.5 Å². The van der Waals surface area contributed by atoms with Crippen molar-refractivity contribution in [1.29, 1.82) is 0 Å². The molecule has 0 atom stereocenters. The molecule has 4 heteroatoms. The summed E-state index contributed by atoms with van der Waals surface area (Å²) in [6.45, 7) is 4.96. The van der Waals surface area contributed by atoms with Gasteiger partial charge in [-0.2, -0.15) is 8.42 Å². The van der Waals surface area contributed by atoms with Crippen LogP contribution in [0.3, 0.4) is 0 Å². The van der Waals surface area contributed by atoms with Gasteiger partial charge in [-0.1, -0.05) is 18.2 Å². The summed E-state index contributed by atoms with van der Waals surface area (Å²) in [4.78, 5) is 0.207. The Bertz CT molecular complexity index is 382. The zero-order valence-corrected chi connectivity index (χ0v) is 8.17. The summed E-state index contributed by atoms with van der Waals surface area (Å²) in [6, 6.07) is 6.67. The van der Waals surface area contributed by atoms with Crippen molar-refractivity contribution < 1.29 is 12.6 Å². The summed E-state index contributed by atoms with van der Waals surface area (Å²) in [6.07, 6.45) is 0. The van der Waals surface area contributed by atoms with E-state index >= 15 is 0 Å². The standard InChI is InChI=1S/C9H11O3S/c1-3-12-13(10,11)9-7-5-4-6-8(9)2/h4-7H,1,3H2,2H3. The number of hydrogen-bond acceptors (Lipinski definition) is 3. The molecular formula is C9H11O3S. The van der Waals surface area contributed by atoms with E-state index < -0.39 is 10.1 Å². The van der Waals surface area contributed by atoms with E-state index in [-0.39, 0.29) is 11.5 Å². The Morgan fingerprint density at radius 1 is 1.38 bits per heavy atom. The minimum atomic E-state index is -3.60. The van der Waals surface area contributed by atoms with E-state index in [1.807, 2.05) is 0 Å². The number of rotatable bonds is 3. The molecule has 0 aliphatic carbocycles. The Morgan fingerprint density at radius 3 is 2.54 bits per heavy atom. The zero-order chi connectivity index (χ0) is 9.90. The quantitative estimate of drug-likeness (QED) is 0.693. The van der Waals surface area contributed by atoms with Crippen LogP contribution in [0.15, 0.2) is 29.2 Å². The highest BCUT2D eigenvalue weighted by Gasteiger charge is 2.15. The Hall–Kier alpha value is -0.870. The lowest BCUT2D eigenvalue weighted by Gasteiger charge is -2.05. The molecule has 0 fully saturated rings. The summed E-state index contributed by atoms with van der Waals surface area (Å²) in [5.74, 6) is 0. The maximum absolute atomic E-state index is 11.4. The van der Waals surface area contributed by atoms with Crippen LogP contribution in [0.1, 0.15) is 5.56 Å². The molecule has 0 aliphatic heterocycles. The van der Waals surface area contributed by atoms with E-state index in [0.29, 0.717) is 5.56 Å². The van der Waals surface area contributed by atoms with Gasteiger partial charge in [0.05, 0.1) is 11.5 Å². The molecule has 0 saturated heterocycles. The van der Waals surface area contributed by atoms with Crippen LogP contribution in [0.4, 0.5) is 0 Å². The monoisotopic (exact) mass is 199 g/mol. The summed E-state index contributed by atoms with van der Waals surface area (Å²) in [5.41, 5.74) is 0.677. The molecule has 3 nitrogen and oxygen atoms in total. The lowest BCUT2D eigenvalue weighted by atomic mass is 10.2. The highest BCUT2D eigenvalue weighted by molar-refractivity contribution is 7.86. The predicted molar refractivity (Wildman–Crippen MR) is 49.7 cm³/mol. The molecule has 0 N–H and O–H groups in total. The van der Waals surface area contributed by atoms with Crippen LogP contribution in [-0.2, 0) is 14.3 Å². The molecule has 1 aromatic carbocycles. The molecule has 0 heterocycles. The molecule has 1 aromatic rings. The van der Waals surface area contributed by atoms with Gasteiger partial charge in [0.2, 0.25) is 0 Å². The van der Waals surface area contributed by atoms with Crippen LogP contribution >= 0.6 is 0 Å². The lowest BCUT2D eigenvalue weighted by molar-refractivity contribution is 0.355. The molecule has 71 valence electrons. The lowest BCUT2D eigenvalue weighted by Crippen LogP contribution is -2.07. The van der Waals surface area contributed by atoms with Crippen molar-refractivity contribution in [3.63, 3.8) is 0 Å². The van der Waals surface area contributed by atoms with Crippen LogP contribution in [0.25, 0.3) is 0 Å². The topological polar surface area (TPSA) is 43.4 Å². The van der Waals surface area contributed by atoms with Gasteiger partial charge in [-0.25, -0.2) is 0 Å². The van der Waals surface area contributed by atoms with Crippen LogP contribution in [0.2, 0.25) is 0 Å². The molecular weight excluding hydrogens is 188 g/mol. The van der Waals surface area contributed by atoms with Crippen LogP contribution in [0, 0.1) is 13.8 Å². The van der Waals surface area contributed by atoms with Crippen LogP contribution in [0.5, 0.6) is 0 Å². The Morgan fingerprint density at radius 2 is 2.00 bits per heavy atom. The Kier molecular flexibility index (Phi) is 3.06. The third-order valence-corrected chi connectivity index (χ3v) is 3.08. The van der Waals surface area contributed by atoms with Gasteiger partial charge >= 0.3 is 0 Å². The maximum Gasteiger partial charge on any atom is 0.297 e. The van der Waals surface area contributed by atoms with E-state index in [1.165, 1.54) is 6.07 Å². The summed E-state index contributed by atoms with van der Waals surface area (Å²) >= 11 is 0. The van der Waals surface area contributed by atoms with E-state index in [1.54, 1.807) is 25.1 Å². The van der Waals surface area contributed by atoms with Gasteiger partial charge in [0.15, 0.2) is 0 Å². The highest BCUT2D eigenvalue weighted by atomic mass is 32.2. The molecule has 0 aromatic heterocycles. The first kappa shape index (κ1) is 10.2. The van der Waals surface area contributed by atoms with Crippen molar-refractivity contribution >= 4 is 10.1 Å². The number of aryl methyl sites for hydroxylation is 1. The second kappa shape index (κ2) is 3.89. The summed E-state index contributed by atoms with van der Waals surface area (Å²) in [7, 11) is -3.60. The largest absolute Gasteiger partial charge is 0.297 e. The van der Waals surface area contributed by atoms with E-state index in [9.17, 15) is 8.42 Å². The van der Waals surface area contributed by atoms with Crippen molar-refractivity contribution in [3.8, 4) is 0 Å². The average Bonchev–Trinajstić information content (AvgIpc) is 2.04. The average molecular weight is 199 g/mol. The van der Waals surface area contributed by atoms with Gasteiger partial charge in [0, 0.05) is 0 Å². The van der Waals surface area contributed by atoms with E-state index in [0.717, 1.165) is 0 Å². The normalized spacial score (nSPS) is 11.5. The third-order valence-electron chi connectivity index (χ3n) is 1.60. The first-order valence-corrected chi connectivity index (χ1v) is 5.23. The first-order chi connectivity index (χ1) is 6.08. The molecule has 0 amide bonds. The zero-order valence-electron chi connectivity index (χ0n) is 7.36. The SMILES string of the molecule is [CH2]COS(=O)(=O)c1ccccc1C. The first-order valence-electron chi connectivity index (χ1n) is 3.82. The molecule has 0 spiro atoms. The van der Waals surface area contributed by atoms with E-state index in [2.05, 4.69) is 11.1 Å². The molecule has 1 rings (SSSR count). The van der Waals surface area contributed by atoms with Gasteiger partial charge in [-0.3, -0.25) is 4.18 Å². The maximum atomic E-state index is 11.4. The molecule has 1 radical (unpaired) electrons. The third kappa shape index (κ3) is 2.29. The van der Waals surface area contributed by atoms with Gasteiger partial charge in [0.25, 0.3) is 10.1 Å². The summed E-state index contributed by atoms with van der Waals surface area (Å²) < 4.78 is 27.3. The smallest absolute Gasteiger partial charge is 0.266 e. The van der Waals surface area contributed by atoms with Gasteiger partial charge in [-0.05, 0) is 25.5 Å². The number of benzene rings is 1. The minimum Gasteiger partial charge on any atom is -0.266 e.